The summed E-state index contributed by atoms with van der Waals surface area (Å²) in [6.07, 6.45) is 0.946. The number of aromatic hydroxyl groups is 1. The Morgan fingerprint density at radius 2 is 1.93 bits per heavy atom. The fourth-order valence-electron chi connectivity index (χ4n) is 3.46. The van der Waals surface area contributed by atoms with E-state index in [1.165, 1.54) is 17.2 Å². The first-order chi connectivity index (χ1) is 13.0. The lowest BCUT2D eigenvalue weighted by Gasteiger charge is -2.09. The van der Waals surface area contributed by atoms with Crippen LogP contribution in [0.2, 0.25) is 0 Å². The van der Waals surface area contributed by atoms with Crippen LogP contribution in [0.4, 0.5) is 5.95 Å². The largest absolute Gasteiger partial charge is 0.504 e. The van der Waals surface area contributed by atoms with Gasteiger partial charge in [0.2, 0.25) is 5.95 Å². The zero-order valence-electron chi connectivity index (χ0n) is 15.2. The van der Waals surface area contributed by atoms with Gasteiger partial charge in [0, 0.05) is 19.0 Å². The number of benzene rings is 2. The van der Waals surface area contributed by atoms with Crippen molar-refractivity contribution in [2.75, 3.05) is 12.8 Å². The van der Waals surface area contributed by atoms with Crippen LogP contribution in [0.25, 0.3) is 11.1 Å². The molecule has 1 heterocycles. The normalized spacial score (nSPS) is 18.3. The highest BCUT2D eigenvalue weighted by Crippen LogP contribution is 2.54. The van der Waals surface area contributed by atoms with Crippen LogP contribution in [0, 0.1) is 0 Å². The van der Waals surface area contributed by atoms with Crippen LogP contribution in [0.1, 0.15) is 29.5 Å². The van der Waals surface area contributed by atoms with Gasteiger partial charge < -0.3 is 15.6 Å². The minimum Gasteiger partial charge on any atom is -0.504 e. The van der Waals surface area contributed by atoms with Crippen LogP contribution < -0.4 is 16.0 Å². The summed E-state index contributed by atoms with van der Waals surface area (Å²) < 4.78 is 6.55. The quantitative estimate of drug-likeness (QED) is 0.744. The summed E-state index contributed by atoms with van der Waals surface area (Å²) in [7, 11) is 3.15. The van der Waals surface area contributed by atoms with E-state index in [1.54, 1.807) is 19.2 Å². The molecule has 1 aliphatic rings. The maximum Gasteiger partial charge on any atom is 0.254 e. The maximum absolute atomic E-state index is 12.0. The zero-order valence-corrected chi connectivity index (χ0v) is 15.2. The first-order valence-electron chi connectivity index (χ1n) is 8.78. The molecule has 1 saturated carbocycles. The molecular formula is C21H21N3O3. The second-order valence-corrected chi connectivity index (χ2v) is 6.90. The summed E-state index contributed by atoms with van der Waals surface area (Å²) >= 11 is 0. The van der Waals surface area contributed by atoms with E-state index in [4.69, 9.17) is 10.5 Å². The minimum absolute atomic E-state index is 0.119. The molecule has 0 spiro atoms. The van der Waals surface area contributed by atoms with Crippen LogP contribution in [0.5, 0.6) is 11.5 Å². The smallest absolute Gasteiger partial charge is 0.254 e. The molecule has 3 N–H and O–H groups in total. The molecular weight excluding hydrogens is 342 g/mol. The van der Waals surface area contributed by atoms with E-state index in [-0.39, 0.29) is 23.2 Å². The molecule has 1 fully saturated rings. The standard InChI is InChI=1S/C21H21N3O3/c1-24-20(26)11-17(23-21(24)22)16-10-15(16)14-5-3-4-12(8-14)13-6-7-18(25)19(9-13)27-2/h3-9,11,15-16,25H,10H2,1-2H3,(H2,22,23). The molecule has 1 aromatic heterocycles. The van der Waals surface area contributed by atoms with Gasteiger partial charge in [-0.2, -0.15) is 0 Å². The highest BCUT2D eigenvalue weighted by Gasteiger charge is 2.41. The van der Waals surface area contributed by atoms with Gasteiger partial charge in [0.25, 0.3) is 5.56 Å². The Hall–Kier alpha value is -3.28. The SMILES string of the molecule is COc1cc(-c2cccc(C3CC3c3cc(=O)n(C)c(N)n3)c2)ccc1O. The summed E-state index contributed by atoms with van der Waals surface area (Å²) in [5, 5.41) is 9.79. The van der Waals surface area contributed by atoms with Crippen molar-refractivity contribution in [1.29, 1.82) is 0 Å². The van der Waals surface area contributed by atoms with E-state index >= 15 is 0 Å². The lowest BCUT2D eigenvalue weighted by molar-refractivity contribution is 0.373. The predicted molar refractivity (Wildman–Crippen MR) is 104 cm³/mol. The molecule has 2 atom stereocenters. The van der Waals surface area contributed by atoms with Gasteiger partial charge >= 0.3 is 0 Å². The molecule has 138 valence electrons. The van der Waals surface area contributed by atoms with Crippen molar-refractivity contribution in [3.63, 3.8) is 0 Å². The van der Waals surface area contributed by atoms with Crippen molar-refractivity contribution in [1.82, 2.24) is 9.55 Å². The van der Waals surface area contributed by atoms with Gasteiger partial charge in [-0.3, -0.25) is 9.36 Å². The van der Waals surface area contributed by atoms with E-state index in [1.807, 2.05) is 24.3 Å². The zero-order chi connectivity index (χ0) is 19.1. The van der Waals surface area contributed by atoms with Crippen molar-refractivity contribution in [2.45, 2.75) is 18.3 Å². The van der Waals surface area contributed by atoms with Crippen LogP contribution >= 0.6 is 0 Å². The number of anilines is 1. The maximum atomic E-state index is 12.0. The van der Waals surface area contributed by atoms with Gasteiger partial charge in [0.05, 0.1) is 12.8 Å². The van der Waals surface area contributed by atoms with E-state index in [2.05, 4.69) is 17.1 Å². The van der Waals surface area contributed by atoms with Gasteiger partial charge in [-0.25, -0.2) is 4.98 Å². The topological polar surface area (TPSA) is 90.4 Å². The van der Waals surface area contributed by atoms with Crippen LogP contribution in [0.3, 0.4) is 0 Å². The van der Waals surface area contributed by atoms with Gasteiger partial charge in [0.15, 0.2) is 11.5 Å². The van der Waals surface area contributed by atoms with Crippen LogP contribution in [-0.4, -0.2) is 21.8 Å². The molecule has 0 saturated heterocycles. The van der Waals surface area contributed by atoms with E-state index in [9.17, 15) is 9.90 Å². The summed E-state index contributed by atoms with van der Waals surface area (Å²) in [5.41, 5.74) is 9.68. The number of nitrogen functional groups attached to an aromatic ring is 1. The third kappa shape index (κ3) is 3.14. The first kappa shape index (κ1) is 17.1. The lowest BCUT2D eigenvalue weighted by atomic mass is 9.99. The molecule has 4 rings (SSSR count). The third-order valence-electron chi connectivity index (χ3n) is 5.19. The van der Waals surface area contributed by atoms with E-state index in [0.717, 1.165) is 23.2 Å². The van der Waals surface area contributed by atoms with Crippen molar-refractivity contribution in [2.24, 2.45) is 7.05 Å². The summed E-state index contributed by atoms with van der Waals surface area (Å²) in [4.78, 5) is 16.4. The van der Waals surface area contributed by atoms with E-state index in [0.29, 0.717) is 11.7 Å². The Labute approximate surface area is 156 Å². The molecule has 0 amide bonds. The van der Waals surface area contributed by atoms with Crippen molar-refractivity contribution in [3.8, 4) is 22.6 Å². The highest BCUT2D eigenvalue weighted by atomic mass is 16.5. The Morgan fingerprint density at radius 3 is 2.67 bits per heavy atom. The summed E-state index contributed by atoms with van der Waals surface area (Å²) in [6.45, 7) is 0. The Morgan fingerprint density at radius 1 is 1.15 bits per heavy atom. The monoisotopic (exact) mass is 363 g/mol. The highest BCUT2D eigenvalue weighted by molar-refractivity contribution is 5.68. The Bertz CT molecular complexity index is 1070. The fraction of sp³-hybridized carbons (Fsp3) is 0.238. The number of phenols is 1. The van der Waals surface area contributed by atoms with Crippen molar-refractivity contribution >= 4 is 5.95 Å². The minimum atomic E-state index is -0.131. The Kier molecular flexibility index (Phi) is 4.11. The van der Waals surface area contributed by atoms with Crippen molar-refractivity contribution < 1.29 is 9.84 Å². The molecule has 1 aliphatic carbocycles. The van der Waals surface area contributed by atoms with Crippen LogP contribution in [0.15, 0.2) is 53.3 Å². The number of rotatable bonds is 4. The molecule has 27 heavy (non-hydrogen) atoms. The average molecular weight is 363 g/mol. The second kappa shape index (κ2) is 6.46. The molecule has 6 heteroatoms. The number of nitrogens with two attached hydrogens (primary N) is 1. The number of nitrogens with zero attached hydrogens (tertiary/aromatic N) is 2. The number of aromatic nitrogens is 2. The first-order valence-corrected chi connectivity index (χ1v) is 8.78. The molecule has 6 nitrogen and oxygen atoms in total. The van der Waals surface area contributed by atoms with Gasteiger partial charge in [0.1, 0.15) is 0 Å². The average Bonchev–Trinajstić information content (AvgIpc) is 3.47. The fourth-order valence-corrected chi connectivity index (χ4v) is 3.46. The van der Waals surface area contributed by atoms with Crippen molar-refractivity contribution in [3.05, 3.63) is 70.1 Å². The lowest BCUT2D eigenvalue weighted by Crippen LogP contribution is -2.21. The molecule has 3 aromatic rings. The molecule has 2 unspecified atom stereocenters. The van der Waals surface area contributed by atoms with E-state index < -0.39 is 0 Å². The van der Waals surface area contributed by atoms with Crippen LogP contribution in [-0.2, 0) is 7.05 Å². The molecule has 0 radical (unpaired) electrons. The molecule has 0 aliphatic heterocycles. The summed E-state index contributed by atoms with van der Waals surface area (Å²) in [6, 6.07) is 15.2. The number of phenolic OH excluding ortho intramolecular Hbond substituents is 1. The van der Waals surface area contributed by atoms with Gasteiger partial charge in [-0.15, -0.1) is 0 Å². The summed E-state index contributed by atoms with van der Waals surface area (Å²) in [5.74, 6) is 1.35. The number of hydrogen-bond donors (Lipinski definition) is 2. The Balaban J connectivity index is 1.62. The third-order valence-corrected chi connectivity index (χ3v) is 5.19. The second-order valence-electron chi connectivity index (χ2n) is 6.90. The predicted octanol–water partition coefficient (Wildman–Crippen LogP) is 3.01. The van der Waals surface area contributed by atoms with Gasteiger partial charge in [-0.1, -0.05) is 30.3 Å². The molecule has 0 bridgehead atoms. The number of ether oxygens (including phenoxy) is 1. The number of hydrogen-bond acceptors (Lipinski definition) is 5. The number of methoxy groups -OCH3 is 1. The molecule has 2 aromatic carbocycles. The van der Waals surface area contributed by atoms with Gasteiger partial charge in [-0.05, 0) is 41.2 Å².